The Morgan fingerprint density at radius 1 is 1.22 bits per heavy atom. The molecule has 0 bridgehead atoms. The van der Waals surface area contributed by atoms with Crippen LogP contribution in [-0.4, -0.2) is 46.5 Å². The molecule has 2 aromatic heterocycles. The fourth-order valence-corrected chi connectivity index (χ4v) is 3.76. The van der Waals surface area contributed by atoms with Crippen molar-refractivity contribution < 1.29 is 4.79 Å². The molecule has 0 unspecified atom stereocenters. The highest BCUT2D eigenvalue weighted by molar-refractivity contribution is 5.93. The fraction of sp³-hybridized carbons (Fsp3) is 0.476. The molecular weight excluding hydrogens is 338 g/mol. The molecular formula is C21H29N5O. The third-order valence-corrected chi connectivity index (χ3v) is 5.27. The van der Waals surface area contributed by atoms with Crippen LogP contribution in [0, 0.1) is 0 Å². The van der Waals surface area contributed by atoms with Crippen LogP contribution in [0.3, 0.4) is 0 Å². The van der Waals surface area contributed by atoms with Crippen LogP contribution >= 0.6 is 0 Å². The van der Waals surface area contributed by atoms with Crippen LogP contribution in [0.1, 0.15) is 49.4 Å². The normalized spacial score (nSPS) is 14.6. The number of rotatable bonds is 9. The van der Waals surface area contributed by atoms with Gasteiger partial charge in [0, 0.05) is 30.9 Å². The Morgan fingerprint density at radius 2 is 2.04 bits per heavy atom. The molecule has 0 aromatic carbocycles. The Kier molecular flexibility index (Phi) is 6.76. The van der Waals surface area contributed by atoms with Crippen molar-refractivity contribution in [3.8, 4) is 11.4 Å². The average Bonchev–Trinajstić information content (AvgIpc) is 3.23. The number of pyridine rings is 2. The van der Waals surface area contributed by atoms with Crippen LogP contribution in [0.25, 0.3) is 11.4 Å². The lowest BCUT2D eigenvalue weighted by Gasteiger charge is -2.27. The number of hydrogen-bond donors (Lipinski definition) is 2. The van der Waals surface area contributed by atoms with Crippen molar-refractivity contribution in [3.63, 3.8) is 0 Å². The minimum Gasteiger partial charge on any atom is -0.384 e. The van der Waals surface area contributed by atoms with Crippen molar-refractivity contribution in [1.29, 1.82) is 0 Å². The van der Waals surface area contributed by atoms with E-state index in [0.29, 0.717) is 11.3 Å². The Bertz CT molecular complexity index is 740. The van der Waals surface area contributed by atoms with Crippen molar-refractivity contribution in [2.45, 2.75) is 45.1 Å². The van der Waals surface area contributed by atoms with Crippen LogP contribution in [0.4, 0.5) is 5.69 Å². The predicted molar refractivity (Wildman–Crippen MR) is 109 cm³/mol. The monoisotopic (exact) mass is 367 g/mol. The molecule has 27 heavy (non-hydrogen) atoms. The minimum atomic E-state index is -0.462. The van der Waals surface area contributed by atoms with Gasteiger partial charge in [-0.2, -0.15) is 0 Å². The second-order valence-corrected chi connectivity index (χ2v) is 7.07. The van der Waals surface area contributed by atoms with Crippen LogP contribution in [0.15, 0.2) is 36.7 Å². The molecule has 3 N–H and O–H groups in total. The maximum atomic E-state index is 11.3. The maximum absolute atomic E-state index is 11.3. The molecule has 3 rings (SSSR count). The largest absolute Gasteiger partial charge is 0.384 e. The molecule has 1 aliphatic carbocycles. The van der Waals surface area contributed by atoms with E-state index in [4.69, 9.17) is 5.73 Å². The summed E-state index contributed by atoms with van der Waals surface area (Å²) in [5.74, 6) is -0.462. The van der Waals surface area contributed by atoms with Gasteiger partial charge in [-0.15, -0.1) is 0 Å². The highest BCUT2D eigenvalue weighted by Crippen LogP contribution is 2.23. The second-order valence-electron chi connectivity index (χ2n) is 7.07. The van der Waals surface area contributed by atoms with Gasteiger partial charge in [-0.3, -0.25) is 14.8 Å². The number of nitrogens with two attached hydrogens (primary N) is 1. The first-order valence-electron chi connectivity index (χ1n) is 9.87. The summed E-state index contributed by atoms with van der Waals surface area (Å²) in [4.78, 5) is 22.6. The number of nitrogens with zero attached hydrogens (tertiary/aromatic N) is 3. The third kappa shape index (κ3) is 5.26. The summed E-state index contributed by atoms with van der Waals surface area (Å²) < 4.78 is 0. The fourth-order valence-electron chi connectivity index (χ4n) is 3.76. The molecule has 1 aliphatic rings. The van der Waals surface area contributed by atoms with E-state index in [2.05, 4.69) is 27.1 Å². The Morgan fingerprint density at radius 3 is 2.70 bits per heavy atom. The zero-order chi connectivity index (χ0) is 19.1. The van der Waals surface area contributed by atoms with Gasteiger partial charge in [-0.05, 0) is 50.1 Å². The maximum Gasteiger partial charge on any atom is 0.248 e. The lowest BCUT2D eigenvalue weighted by Crippen LogP contribution is -2.34. The molecule has 1 amide bonds. The molecule has 0 saturated heterocycles. The average molecular weight is 367 g/mol. The third-order valence-electron chi connectivity index (χ3n) is 5.27. The minimum absolute atomic E-state index is 0.437. The summed E-state index contributed by atoms with van der Waals surface area (Å²) in [5.41, 5.74) is 8.12. The summed E-state index contributed by atoms with van der Waals surface area (Å²) in [6.07, 6.45) is 9.99. The van der Waals surface area contributed by atoms with E-state index in [9.17, 15) is 4.79 Å². The van der Waals surface area contributed by atoms with Crippen LogP contribution in [-0.2, 0) is 0 Å². The number of carbonyl (C=O) groups excluding carboxylic acids is 1. The van der Waals surface area contributed by atoms with Crippen LogP contribution in [0.2, 0.25) is 0 Å². The molecule has 1 saturated carbocycles. The Labute approximate surface area is 161 Å². The summed E-state index contributed by atoms with van der Waals surface area (Å²) in [6, 6.07) is 7.97. The molecule has 2 aromatic rings. The van der Waals surface area contributed by atoms with Gasteiger partial charge < -0.3 is 16.0 Å². The highest BCUT2D eigenvalue weighted by Gasteiger charge is 2.20. The standard InChI is InChI=1S/C21H29N5O/c1-2-26(18-6-3-4-7-18)13-5-11-23-17-8-9-19(25-15-17)20-14-16(21(22)27)10-12-24-20/h8-10,12,14-15,18,23H,2-7,11,13H2,1H3,(H2,22,27). The summed E-state index contributed by atoms with van der Waals surface area (Å²) in [6.45, 7) is 5.47. The van der Waals surface area contributed by atoms with Gasteiger partial charge in [0.2, 0.25) is 5.91 Å². The molecule has 144 valence electrons. The van der Waals surface area contributed by atoms with Crippen molar-refractivity contribution >= 4 is 11.6 Å². The number of aromatic nitrogens is 2. The van der Waals surface area contributed by atoms with Gasteiger partial charge >= 0.3 is 0 Å². The number of primary amides is 1. The first-order valence-corrected chi connectivity index (χ1v) is 9.87. The van der Waals surface area contributed by atoms with Crippen LogP contribution in [0.5, 0.6) is 0 Å². The molecule has 1 fully saturated rings. The molecule has 6 heteroatoms. The Hall–Kier alpha value is -2.47. The van der Waals surface area contributed by atoms with Gasteiger partial charge in [0.1, 0.15) is 0 Å². The second kappa shape index (κ2) is 9.46. The zero-order valence-electron chi connectivity index (χ0n) is 16.0. The first kappa shape index (κ1) is 19.3. The molecule has 0 atom stereocenters. The number of hydrogen-bond acceptors (Lipinski definition) is 5. The van der Waals surface area contributed by atoms with Crippen molar-refractivity contribution in [2.75, 3.05) is 25.0 Å². The predicted octanol–water partition coefficient (Wildman–Crippen LogP) is 3.31. The van der Waals surface area contributed by atoms with E-state index >= 15 is 0 Å². The van der Waals surface area contributed by atoms with E-state index in [1.807, 2.05) is 18.3 Å². The summed E-state index contributed by atoms with van der Waals surface area (Å²) >= 11 is 0. The van der Waals surface area contributed by atoms with Crippen molar-refractivity contribution in [2.24, 2.45) is 5.73 Å². The van der Waals surface area contributed by atoms with Crippen molar-refractivity contribution in [1.82, 2.24) is 14.9 Å². The molecule has 0 aliphatic heterocycles. The van der Waals surface area contributed by atoms with E-state index in [0.717, 1.165) is 43.5 Å². The first-order chi connectivity index (χ1) is 13.2. The molecule has 0 spiro atoms. The highest BCUT2D eigenvalue weighted by atomic mass is 16.1. The van der Waals surface area contributed by atoms with E-state index in [1.54, 1.807) is 18.3 Å². The smallest absolute Gasteiger partial charge is 0.248 e. The van der Waals surface area contributed by atoms with E-state index in [-0.39, 0.29) is 0 Å². The number of nitrogens with one attached hydrogen (secondary N) is 1. The van der Waals surface area contributed by atoms with Gasteiger partial charge in [0.05, 0.1) is 23.3 Å². The lowest BCUT2D eigenvalue weighted by molar-refractivity contribution is 0.1000. The van der Waals surface area contributed by atoms with Crippen LogP contribution < -0.4 is 11.1 Å². The Balaban J connectivity index is 1.49. The summed E-state index contributed by atoms with van der Waals surface area (Å²) in [5, 5.41) is 3.44. The van der Waals surface area contributed by atoms with E-state index in [1.165, 1.54) is 25.7 Å². The van der Waals surface area contributed by atoms with E-state index < -0.39 is 5.91 Å². The van der Waals surface area contributed by atoms with Gasteiger partial charge in [-0.1, -0.05) is 19.8 Å². The quantitative estimate of drug-likeness (QED) is 0.664. The van der Waals surface area contributed by atoms with Gasteiger partial charge in [-0.25, -0.2) is 0 Å². The number of anilines is 1. The molecule has 2 heterocycles. The van der Waals surface area contributed by atoms with Crippen molar-refractivity contribution in [3.05, 3.63) is 42.2 Å². The number of amides is 1. The molecule has 0 radical (unpaired) electrons. The summed E-state index contributed by atoms with van der Waals surface area (Å²) in [7, 11) is 0. The molecule has 6 nitrogen and oxygen atoms in total. The van der Waals surface area contributed by atoms with Gasteiger partial charge in [0.25, 0.3) is 0 Å². The lowest BCUT2D eigenvalue weighted by atomic mass is 10.1. The SMILES string of the molecule is CCN(CCCNc1ccc(-c2cc(C(N)=O)ccn2)nc1)C1CCCC1. The zero-order valence-corrected chi connectivity index (χ0v) is 16.0. The topological polar surface area (TPSA) is 84.1 Å². The number of carbonyl (C=O) groups is 1. The van der Waals surface area contributed by atoms with Gasteiger partial charge in [0.15, 0.2) is 0 Å².